The molecule has 0 spiro atoms. The zero-order valence-electron chi connectivity index (χ0n) is 26.8. The fourth-order valence-electron chi connectivity index (χ4n) is 6.09. The Labute approximate surface area is 275 Å². The fraction of sp³-hybridized carbons (Fsp3) is 0.893. The van der Waals surface area contributed by atoms with Crippen molar-refractivity contribution in [2.24, 2.45) is 5.92 Å². The zero-order chi connectivity index (χ0) is 36.2. The van der Waals surface area contributed by atoms with E-state index in [0.29, 0.717) is 0 Å². The number of rotatable bonds is 13. The van der Waals surface area contributed by atoms with Crippen molar-refractivity contribution in [3.63, 3.8) is 0 Å². The van der Waals surface area contributed by atoms with Gasteiger partial charge in [-0.15, -0.1) is 0 Å². The van der Waals surface area contributed by atoms with Crippen LogP contribution in [0.5, 0.6) is 0 Å². The summed E-state index contributed by atoms with van der Waals surface area (Å²) in [7, 11) is 0. The molecule has 0 bridgehead atoms. The van der Waals surface area contributed by atoms with Crippen molar-refractivity contribution in [2.45, 2.75) is 132 Å². The number of nitrogens with one attached hydrogen (secondary N) is 2. The lowest BCUT2D eigenvalue weighted by Crippen LogP contribution is -2.69. The number of carboxylic acid groups (broad SMARTS) is 1. The molecule has 3 aliphatic rings. The number of carbonyl (C=O) groups excluding carboxylic acids is 2. The quantitative estimate of drug-likeness (QED) is 0.0850. The summed E-state index contributed by atoms with van der Waals surface area (Å²) in [6.07, 6.45) is -22.9. The Kier molecular flexibility index (Phi) is 14.0. The molecule has 16 atom stereocenters. The first-order chi connectivity index (χ1) is 22.4. The predicted molar refractivity (Wildman–Crippen MR) is 154 cm³/mol. The first-order valence-corrected chi connectivity index (χ1v) is 15.4. The molecule has 20 nitrogen and oxygen atoms in total. The van der Waals surface area contributed by atoms with Gasteiger partial charge in [-0.1, -0.05) is 13.8 Å². The van der Waals surface area contributed by atoms with Crippen LogP contribution in [0.4, 0.5) is 0 Å². The van der Waals surface area contributed by atoms with Gasteiger partial charge in [-0.3, -0.25) is 9.59 Å². The molecule has 278 valence electrons. The van der Waals surface area contributed by atoms with Crippen LogP contribution in [0.2, 0.25) is 0 Å². The van der Waals surface area contributed by atoms with Gasteiger partial charge in [-0.25, -0.2) is 4.79 Å². The minimum absolute atomic E-state index is 0.246. The van der Waals surface area contributed by atoms with Crippen LogP contribution in [0.25, 0.3) is 0 Å². The van der Waals surface area contributed by atoms with E-state index in [1.54, 1.807) is 13.8 Å². The van der Waals surface area contributed by atoms with Gasteiger partial charge in [0.15, 0.2) is 6.29 Å². The van der Waals surface area contributed by atoms with Gasteiger partial charge in [0.25, 0.3) is 5.79 Å². The van der Waals surface area contributed by atoms with Crippen molar-refractivity contribution < 1.29 is 89.1 Å². The summed E-state index contributed by atoms with van der Waals surface area (Å²) in [6, 6.07) is -2.51. The molecule has 3 heterocycles. The van der Waals surface area contributed by atoms with Gasteiger partial charge in [-0.2, -0.15) is 0 Å². The number of aliphatic carboxylic acids is 1. The van der Waals surface area contributed by atoms with Crippen molar-refractivity contribution in [1.82, 2.24) is 10.6 Å². The first-order valence-electron chi connectivity index (χ1n) is 15.4. The summed E-state index contributed by atoms with van der Waals surface area (Å²) in [5.74, 6) is -6.13. The number of amides is 2. The van der Waals surface area contributed by atoms with Crippen molar-refractivity contribution >= 4 is 17.8 Å². The molecule has 0 saturated carbocycles. The van der Waals surface area contributed by atoms with Crippen LogP contribution >= 0.6 is 0 Å². The van der Waals surface area contributed by atoms with Crippen LogP contribution in [-0.4, -0.2) is 186 Å². The maximum Gasteiger partial charge on any atom is 0.364 e. The highest BCUT2D eigenvalue weighted by molar-refractivity contribution is 5.76. The lowest BCUT2D eigenvalue weighted by Gasteiger charge is -2.49. The molecule has 3 rings (SSSR count). The largest absolute Gasteiger partial charge is 0.477 e. The molecule has 0 aromatic rings. The molecule has 0 aliphatic carbocycles. The van der Waals surface area contributed by atoms with Crippen LogP contribution in [0, 0.1) is 5.92 Å². The second kappa shape index (κ2) is 16.7. The number of carbonyl (C=O) groups is 3. The Bertz CT molecular complexity index is 1100. The molecule has 2 amide bonds. The third-order valence-electron chi connectivity index (χ3n) is 8.59. The minimum Gasteiger partial charge on any atom is -0.477 e. The summed E-state index contributed by atoms with van der Waals surface area (Å²) in [4.78, 5) is 36.1. The normalized spacial score (nSPS) is 41.8. The second-order valence-corrected chi connectivity index (χ2v) is 12.6. The molecular weight excluding hydrogens is 652 g/mol. The van der Waals surface area contributed by atoms with E-state index < -0.39 is 141 Å². The Morgan fingerprint density at radius 1 is 0.854 bits per heavy atom. The standard InChI is InChI=1S/C28H48N2O18/c1-9(2)23-17(30-11(4)34)20(39)24(14(7-32)45-23)47-26-22(41)21(40)19(38)15(46-26)8-44-28(27(42)43)5-12(35)16(29-10(3)33)25(48-28)18(37)13(36)6-31/h9,12-26,31-32,35-41H,5-8H2,1-4H3,(H,29,33)(H,30,34)(H,42,43)/t12-,13+,14?,15?,16?,17?,18+,19?,20?,21?,22?,23?,24?,25?,26?,28+/m0/s1. The van der Waals surface area contributed by atoms with Crippen molar-refractivity contribution in [1.29, 1.82) is 0 Å². The Hall–Kier alpha value is -2.15. The maximum atomic E-state index is 12.5. The zero-order valence-corrected chi connectivity index (χ0v) is 26.8. The van der Waals surface area contributed by atoms with Crippen LogP contribution in [0.15, 0.2) is 0 Å². The molecule has 20 heteroatoms. The lowest BCUT2D eigenvalue weighted by molar-refractivity contribution is -0.354. The van der Waals surface area contributed by atoms with Gasteiger partial charge in [0.05, 0.1) is 44.1 Å². The van der Waals surface area contributed by atoms with E-state index in [-0.39, 0.29) is 5.92 Å². The summed E-state index contributed by atoms with van der Waals surface area (Å²) < 4.78 is 28.3. The minimum atomic E-state index is -2.82. The van der Waals surface area contributed by atoms with E-state index in [1.165, 1.54) is 6.92 Å². The molecular formula is C28H48N2O18. The third kappa shape index (κ3) is 8.76. The SMILES string of the molecule is CC(=O)NC1C(O)C(OC2OC(CO[C@]3(C(=O)O)C[C@H](O)C(NC(C)=O)C([C@H](O)[C@H](O)CO)O3)C(O)C(O)C2O)C(CO)OC1C(C)C. The molecule has 48 heavy (non-hydrogen) atoms. The molecule has 12 unspecified atom stereocenters. The smallest absolute Gasteiger partial charge is 0.364 e. The number of ether oxygens (including phenoxy) is 5. The van der Waals surface area contributed by atoms with Crippen molar-refractivity contribution in [3.8, 4) is 0 Å². The van der Waals surface area contributed by atoms with Gasteiger partial charge < -0.3 is 85.4 Å². The first kappa shape index (κ1) is 40.3. The van der Waals surface area contributed by atoms with Gasteiger partial charge in [0.1, 0.15) is 61.0 Å². The number of hydrogen-bond acceptors (Lipinski definition) is 17. The number of hydrogen-bond donors (Lipinski definition) is 12. The predicted octanol–water partition coefficient (Wildman–Crippen LogP) is -6.37. The second-order valence-electron chi connectivity index (χ2n) is 12.6. The van der Waals surface area contributed by atoms with Gasteiger partial charge in [-0.05, 0) is 5.92 Å². The Morgan fingerprint density at radius 2 is 1.46 bits per heavy atom. The molecule has 0 aromatic heterocycles. The lowest BCUT2D eigenvalue weighted by atomic mass is 9.87. The fourth-order valence-corrected chi connectivity index (χ4v) is 6.09. The van der Waals surface area contributed by atoms with Crippen molar-refractivity contribution in [2.75, 3.05) is 19.8 Å². The number of carboxylic acids is 1. The van der Waals surface area contributed by atoms with E-state index in [9.17, 15) is 65.4 Å². The summed E-state index contributed by atoms with van der Waals surface area (Å²) >= 11 is 0. The van der Waals surface area contributed by atoms with Gasteiger partial charge in [0, 0.05) is 20.3 Å². The van der Waals surface area contributed by atoms with E-state index in [4.69, 9.17) is 23.7 Å². The maximum absolute atomic E-state index is 12.5. The van der Waals surface area contributed by atoms with Crippen LogP contribution < -0.4 is 10.6 Å². The topological polar surface area (TPSA) is 324 Å². The van der Waals surface area contributed by atoms with E-state index in [1.807, 2.05) is 0 Å². The van der Waals surface area contributed by atoms with E-state index in [0.717, 1.165) is 6.92 Å². The molecule has 3 saturated heterocycles. The Morgan fingerprint density at radius 3 is 1.98 bits per heavy atom. The highest BCUT2D eigenvalue weighted by Crippen LogP contribution is 2.36. The third-order valence-corrected chi connectivity index (χ3v) is 8.59. The van der Waals surface area contributed by atoms with Crippen LogP contribution in [0.1, 0.15) is 34.1 Å². The van der Waals surface area contributed by atoms with Crippen LogP contribution in [0.3, 0.4) is 0 Å². The molecule has 0 aromatic carbocycles. The monoisotopic (exact) mass is 700 g/mol. The average molecular weight is 701 g/mol. The summed E-state index contributed by atoms with van der Waals surface area (Å²) in [5.41, 5.74) is 0. The number of aliphatic hydroxyl groups is 9. The highest BCUT2D eigenvalue weighted by Gasteiger charge is 2.57. The van der Waals surface area contributed by atoms with Crippen molar-refractivity contribution in [3.05, 3.63) is 0 Å². The Balaban J connectivity index is 1.85. The summed E-state index contributed by atoms with van der Waals surface area (Å²) in [5, 5.41) is 109. The highest BCUT2D eigenvalue weighted by atomic mass is 16.8. The summed E-state index contributed by atoms with van der Waals surface area (Å²) in [6.45, 7) is 3.18. The average Bonchev–Trinajstić information content (AvgIpc) is 3.02. The molecule has 3 aliphatic heterocycles. The molecule has 0 radical (unpaired) electrons. The van der Waals surface area contributed by atoms with Gasteiger partial charge >= 0.3 is 5.97 Å². The van der Waals surface area contributed by atoms with Crippen LogP contribution in [-0.2, 0) is 38.1 Å². The number of aliphatic hydroxyl groups excluding tert-OH is 9. The van der Waals surface area contributed by atoms with E-state index >= 15 is 0 Å². The molecule has 12 N–H and O–H groups in total. The molecule has 3 fully saturated rings. The van der Waals surface area contributed by atoms with E-state index in [2.05, 4.69) is 10.6 Å². The van der Waals surface area contributed by atoms with Gasteiger partial charge in [0.2, 0.25) is 11.8 Å².